The molecule has 1 heterocycles. The van der Waals surface area contributed by atoms with Gasteiger partial charge < -0.3 is 9.32 Å². The molecule has 0 aliphatic heterocycles. The molecular formula is C50H36N2O. The maximum atomic E-state index is 6.37. The molecule has 10 rings (SSSR count). The smallest absolute Gasteiger partial charge is 0.227 e. The van der Waals surface area contributed by atoms with Crippen LogP contribution < -0.4 is 4.90 Å². The van der Waals surface area contributed by atoms with Gasteiger partial charge in [-0.15, -0.1) is 0 Å². The van der Waals surface area contributed by atoms with Crippen molar-refractivity contribution in [2.45, 2.75) is 19.3 Å². The molecule has 8 aromatic carbocycles. The number of benzene rings is 8. The third-order valence-corrected chi connectivity index (χ3v) is 10.9. The quantitative estimate of drug-likeness (QED) is 0.175. The molecule has 252 valence electrons. The van der Waals surface area contributed by atoms with Crippen LogP contribution in [0, 0.1) is 0 Å². The Kier molecular flexibility index (Phi) is 7.16. The molecule has 0 saturated heterocycles. The van der Waals surface area contributed by atoms with Gasteiger partial charge in [-0.05, 0) is 111 Å². The lowest BCUT2D eigenvalue weighted by atomic mass is 9.82. The SMILES string of the molecule is CC1(C)c2ccccc2-c2c(-c3ccc(N(c4ccccc4)c4ccc(-c5ccc6ccc7nc(-c8ccccc8)oc7c6c5)cc4)cc3)cccc21. The van der Waals surface area contributed by atoms with Crippen molar-refractivity contribution in [1.29, 1.82) is 0 Å². The van der Waals surface area contributed by atoms with Gasteiger partial charge in [0.1, 0.15) is 5.52 Å². The molecule has 1 aliphatic rings. The Hall–Kier alpha value is -6.71. The van der Waals surface area contributed by atoms with Crippen LogP contribution in [-0.2, 0) is 5.41 Å². The number of hydrogen-bond acceptors (Lipinski definition) is 3. The highest BCUT2D eigenvalue weighted by molar-refractivity contribution is 6.05. The van der Waals surface area contributed by atoms with E-state index in [1.54, 1.807) is 0 Å². The van der Waals surface area contributed by atoms with Gasteiger partial charge in [0.15, 0.2) is 5.58 Å². The first-order valence-corrected chi connectivity index (χ1v) is 18.2. The second kappa shape index (κ2) is 12.2. The van der Waals surface area contributed by atoms with Crippen LogP contribution in [-0.4, -0.2) is 4.98 Å². The largest absolute Gasteiger partial charge is 0.435 e. The topological polar surface area (TPSA) is 29.3 Å². The maximum absolute atomic E-state index is 6.37. The van der Waals surface area contributed by atoms with E-state index >= 15 is 0 Å². The first-order chi connectivity index (χ1) is 26.0. The zero-order chi connectivity index (χ0) is 35.5. The van der Waals surface area contributed by atoms with Crippen molar-refractivity contribution in [3.63, 3.8) is 0 Å². The lowest BCUT2D eigenvalue weighted by Crippen LogP contribution is -2.14. The minimum atomic E-state index is -0.0287. The Bertz CT molecular complexity index is 2780. The molecule has 0 unspecified atom stereocenters. The fourth-order valence-corrected chi connectivity index (χ4v) is 8.20. The molecule has 3 nitrogen and oxygen atoms in total. The van der Waals surface area contributed by atoms with Gasteiger partial charge in [-0.1, -0.05) is 135 Å². The Balaban J connectivity index is 1.00. The standard InChI is InChI=1S/C50H36N2O/c1-50(2)44-18-10-9-16-42(44)47-41(17-11-19-45(47)50)34-24-29-40(30-25-34)52(38-14-7-4-8-15-38)39-27-22-33(23-28-39)37-21-20-35-26-31-46-48(43(35)32-37)53-49(51-46)36-12-5-3-6-13-36/h3-32H,1-2H3. The van der Waals surface area contributed by atoms with E-state index in [1.165, 1.54) is 33.4 Å². The number of fused-ring (bicyclic) bond motifs is 6. The zero-order valence-electron chi connectivity index (χ0n) is 29.6. The molecule has 0 bridgehead atoms. The van der Waals surface area contributed by atoms with Gasteiger partial charge in [0.05, 0.1) is 0 Å². The van der Waals surface area contributed by atoms with E-state index in [0.29, 0.717) is 5.89 Å². The van der Waals surface area contributed by atoms with Crippen molar-refractivity contribution in [2.75, 3.05) is 4.90 Å². The van der Waals surface area contributed by atoms with E-state index in [-0.39, 0.29) is 5.41 Å². The second-order valence-corrected chi connectivity index (χ2v) is 14.4. The minimum absolute atomic E-state index is 0.0287. The van der Waals surface area contributed by atoms with E-state index in [2.05, 4.69) is 164 Å². The first kappa shape index (κ1) is 31.1. The summed E-state index contributed by atoms with van der Waals surface area (Å²) < 4.78 is 6.37. The van der Waals surface area contributed by atoms with E-state index in [4.69, 9.17) is 9.40 Å². The molecular weight excluding hydrogens is 645 g/mol. The molecule has 0 saturated carbocycles. The zero-order valence-corrected chi connectivity index (χ0v) is 29.6. The van der Waals surface area contributed by atoms with Gasteiger partial charge in [-0.25, -0.2) is 4.98 Å². The van der Waals surface area contributed by atoms with Crippen molar-refractivity contribution >= 4 is 38.9 Å². The summed E-state index contributed by atoms with van der Waals surface area (Å²) in [5.41, 5.74) is 16.2. The number of hydrogen-bond donors (Lipinski definition) is 0. The van der Waals surface area contributed by atoms with Crippen LogP contribution in [0.1, 0.15) is 25.0 Å². The van der Waals surface area contributed by atoms with Gasteiger partial charge in [0, 0.05) is 33.4 Å². The van der Waals surface area contributed by atoms with Crippen LogP contribution >= 0.6 is 0 Å². The number of nitrogens with zero attached hydrogens (tertiary/aromatic N) is 2. The average molecular weight is 681 g/mol. The van der Waals surface area contributed by atoms with E-state index in [0.717, 1.165) is 55.6 Å². The highest BCUT2D eigenvalue weighted by atomic mass is 16.3. The van der Waals surface area contributed by atoms with Crippen molar-refractivity contribution < 1.29 is 4.42 Å². The third-order valence-electron chi connectivity index (χ3n) is 10.9. The number of anilines is 3. The lowest BCUT2D eigenvalue weighted by Gasteiger charge is -2.26. The fourth-order valence-electron chi connectivity index (χ4n) is 8.20. The summed E-state index contributed by atoms with van der Waals surface area (Å²) in [6, 6.07) is 64.9. The molecule has 3 heteroatoms. The lowest BCUT2D eigenvalue weighted by molar-refractivity contribution is 0.623. The van der Waals surface area contributed by atoms with Crippen molar-refractivity contribution in [1.82, 2.24) is 4.98 Å². The molecule has 0 radical (unpaired) electrons. The number of para-hydroxylation sites is 1. The van der Waals surface area contributed by atoms with Gasteiger partial charge in [0.2, 0.25) is 5.89 Å². The highest BCUT2D eigenvalue weighted by Crippen LogP contribution is 2.52. The second-order valence-electron chi connectivity index (χ2n) is 14.4. The summed E-state index contributed by atoms with van der Waals surface area (Å²) in [6.07, 6.45) is 0. The van der Waals surface area contributed by atoms with Crippen molar-refractivity contribution in [3.05, 3.63) is 193 Å². The Morgan fingerprint density at radius 1 is 0.472 bits per heavy atom. The molecule has 0 N–H and O–H groups in total. The Labute approximate surface area is 309 Å². The van der Waals surface area contributed by atoms with Gasteiger partial charge >= 0.3 is 0 Å². The summed E-state index contributed by atoms with van der Waals surface area (Å²) in [5.74, 6) is 0.638. The number of rotatable bonds is 6. The molecule has 9 aromatic rings. The fraction of sp³-hybridized carbons (Fsp3) is 0.0600. The highest BCUT2D eigenvalue weighted by Gasteiger charge is 2.36. The number of oxazole rings is 1. The monoisotopic (exact) mass is 680 g/mol. The summed E-state index contributed by atoms with van der Waals surface area (Å²) in [7, 11) is 0. The van der Waals surface area contributed by atoms with E-state index in [1.807, 2.05) is 36.4 Å². The van der Waals surface area contributed by atoms with Crippen molar-refractivity contribution in [3.8, 4) is 44.8 Å². The molecule has 0 atom stereocenters. The van der Waals surface area contributed by atoms with Crippen LogP contribution in [0.25, 0.3) is 66.7 Å². The van der Waals surface area contributed by atoms with Crippen LogP contribution in [0.4, 0.5) is 17.1 Å². The molecule has 0 fully saturated rings. The predicted molar refractivity (Wildman–Crippen MR) is 220 cm³/mol. The van der Waals surface area contributed by atoms with Crippen LogP contribution in [0.2, 0.25) is 0 Å². The minimum Gasteiger partial charge on any atom is -0.435 e. The molecule has 1 aromatic heterocycles. The molecule has 0 spiro atoms. The summed E-state index contributed by atoms with van der Waals surface area (Å²) in [5, 5.41) is 2.18. The average Bonchev–Trinajstić information content (AvgIpc) is 3.76. The maximum Gasteiger partial charge on any atom is 0.227 e. The summed E-state index contributed by atoms with van der Waals surface area (Å²) >= 11 is 0. The first-order valence-electron chi connectivity index (χ1n) is 18.2. The van der Waals surface area contributed by atoms with E-state index in [9.17, 15) is 0 Å². The van der Waals surface area contributed by atoms with Gasteiger partial charge in [-0.2, -0.15) is 0 Å². The third kappa shape index (κ3) is 5.16. The summed E-state index contributed by atoms with van der Waals surface area (Å²) in [4.78, 5) is 7.13. The normalized spacial score (nSPS) is 12.9. The van der Waals surface area contributed by atoms with Gasteiger partial charge in [-0.3, -0.25) is 0 Å². The summed E-state index contributed by atoms with van der Waals surface area (Å²) in [6.45, 7) is 4.68. The van der Waals surface area contributed by atoms with Crippen molar-refractivity contribution in [2.24, 2.45) is 0 Å². The van der Waals surface area contributed by atoms with Crippen LogP contribution in [0.3, 0.4) is 0 Å². The Morgan fingerprint density at radius 3 is 1.81 bits per heavy atom. The van der Waals surface area contributed by atoms with E-state index < -0.39 is 0 Å². The van der Waals surface area contributed by atoms with Crippen LogP contribution in [0.15, 0.2) is 186 Å². The van der Waals surface area contributed by atoms with Crippen LogP contribution in [0.5, 0.6) is 0 Å². The number of aromatic nitrogens is 1. The molecule has 1 aliphatic carbocycles. The molecule has 0 amide bonds. The predicted octanol–water partition coefficient (Wildman–Crippen LogP) is 13.8. The molecule has 53 heavy (non-hydrogen) atoms. The Morgan fingerprint density at radius 2 is 1.06 bits per heavy atom. The van der Waals surface area contributed by atoms with Gasteiger partial charge in [0.25, 0.3) is 0 Å².